The van der Waals surface area contributed by atoms with Gasteiger partial charge < -0.3 is 5.32 Å². The number of amides is 1. The minimum atomic E-state index is -0.461. The van der Waals surface area contributed by atoms with E-state index in [1.54, 1.807) is 24.4 Å². The molecule has 2 aromatic heterocycles. The zero-order valence-electron chi connectivity index (χ0n) is 9.65. The molecule has 6 nitrogen and oxygen atoms in total. The predicted octanol–water partition coefficient (Wildman–Crippen LogP) is 2.70. The van der Waals surface area contributed by atoms with Crippen LogP contribution in [-0.2, 0) is 4.79 Å². The minimum absolute atomic E-state index is 0.0484. The topological polar surface area (TPSA) is 85.1 Å². The fourth-order valence-corrected chi connectivity index (χ4v) is 2.03. The normalized spacial score (nSPS) is 10.5. The number of nitro groups is 1. The van der Waals surface area contributed by atoms with Crippen LogP contribution in [0.5, 0.6) is 0 Å². The fourth-order valence-electron chi connectivity index (χ4n) is 1.31. The van der Waals surface area contributed by atoms with Crippen molar-refractivity contribution < 1.29 is 9.72 Å². The largest absolute Gasteiger partial charge is 0.324 e. The smallest absolute Gasteiger partial charge is 0.321 e. The van der Waals surface area contributed by atoms with Crippen molar-refractivity contribution in [2.75, 3.05) is 5.32 Å². The zero-order chi connectivity index (χ0) is 13.7. The molecule has 0 saturated heterocycles. The first kappa shape index (κ1) is 12.9. The number of nitrogens with zero attached hydrogens (tertiary/aromatic N) is 2. The van der Waals surface area contributed by atoms with Gasteiger partial charge in [-0.25, -0.2) is 0 Å². The first-order valence-electron chi connectivity index (χ1n) is 5.28. The average molecular weight is 275 g/mol. The van der Waals surface area contributed by atoms with Gasteiger partial charge in [0.25, 0.3) is 0 Å². The standard InChI is InChI=1S/C12H9N3O3S/c16-11(14-9-2-1-7-13-8-9)5-3-10-4-6-12(19-10)15(17)18/h1-8H,(H,14,16)/b5-3+. The Labute approximate surface area is 112 Å². The summed E-state index contributed by atoms with van der Waals surface area (Å²) in [6, 6.07) is 6.43. The van der Waals surface area contributed by atoms with Crippen LogP contribution in [0.15, 0.2) is 42.7 Å². The van der Waals surface area contributed by atoms with Crippen LogP contribution in [0.3, 0.4) is 0 Å². The molecular formula is C12H9N3O3S. The molecule has 0 aliphatic heterocycles. The minimum Gasteiger partial charge on any atom is -0.321 e. The maximum absolute atomic E-state index is 11.6. The van der Waals surface area contributed by atoms with Crippen molar-refractivity contribution in [2.45, 2.75) is 0 Å². The highest BCUT2D eigenvalue weighted by Crippen LogP contribution is 2.24. The highest BCUT2D eigenvalue weighted by Gasteiger charge is 2.07. The Hall–Kier alpha value is -2.54. The maximum atomic E-state index is 11.6. The Balaban J connectivity index is 1.98. The molecular weight excluding hydrogens is 266 g/mol. The average Bonchev–Trinajstić information content (AvgIpc) is 2.86. The predicted molar refractivity (Wildman–Crippen MR) is 72.9 cm³/mol. The van der Waals surface area contributed by atoms with E-state index >= 15 is 0 Å². The summed E-state index contributed by atoms with van der Waals surface area (Å²) in [5.74, 6) is -0.316. The summed E-state index contributed by atoms with van der Waals surface area (Å²) < 4.78 is 0. The number of carbonyl (C=O) groups is 1. The molecule has 7 heteroatoms. The molecule has 0 saturated carbocycles. The molecule has 1 amide bonds. The molecule has 0 aliphatic rings. The quantitative estimate of drug-likeness (QED) is 0.528. The zero-order valence-corrected chi connectivity index (χ0v) is 10.5. The second-order valence-corrected chi connectivity index (χ2v) is 4.59. The third-order valence-electron chi connectivity index (χ3n) is 2.12. The van der Waals surface area contributed by atoms with E-state index in [0.29, 0.717) is 10.6 Å². The summed E-state index contributed by atoms with van der Waals surface area (Å²) in [5, 5.41) is 13.2. The number of anilines is 1. The van der Waals surface area contributed by atoms with Crippen LogP contribution < -0.4 is 5.32 Å². The van der Waals surface area contributed by atoms with Crippen LogP contribution in [0, 0.1) is 10.1 Å². The first-order chi connectivity index (χ1) is 9.15. The highest BCUT2D eigenvalue weighted by atomic mass is 32.1. The SMILES string of the molecule is O=C(/C=C/c1ccc([N+](=O)[O-])s1)Nc1cccnc1. The number of carbonyl (C=O) groups excluding carboxylic acids is 1. The highest BCUT2D eigenvalue weighted by molar-refractivity contribution is 7.16. The van der Waals surface area contributed by atoms with E-state index in [9.17, 15) is 14.9 Å². The van der Waals surface area contributed by atoms with E-state index in [1.807, 2.05) is 0 Å². The molecule has 0 atom stereocenters. The lowest BCUT2D eigenvalue weighted by Gasteiger charge is -1.99. The van der Waals surface area contributed by atoms with Crippen molar-refractivity contribution in [3.63, 3.8) is 0 Å². The summed E-state index contributed by atoms with van der Waals surface area (Å²) in [5.41, 5.74) is 0.592. The van der Waals surface area contributed by atoms with Gasteiger partial charge in [0.2, 0.25) is 5.91 Å². The van der Waals surface area contributed by atoms with Gasteiger partial charge in [0, 0.05) is 23.2 Å². The van der Waals surface area contributed by atoms with E-state index in [2.05, 4.69) is 10.3 Å². The molecule has 19 heavy (non-hydrogen) atoms. The van der Waals surface area contributed by atoms with E-state index in [1.165, 1.54) is 24.4 Å². The van der Waals surface area contributed by atoms with Gasteiger partial charge in [0.15, 0.2) is 0 Å². The van der Waals surface area contributed by atoms with Gasteiger partial charge in [-0.2, -0.15) is 0 Å². The molecule has 2 aromatic rings. The Morgan fingerprint density at radius 3 is 2.89 bits per heavy atom. The van der Waals surface area contributed by atoms with Gasteiger partial charge in [-0.15, -0.1) is 0 Å². The van der Waals surface area contributed by atoms with Crippen molar-refractivity contribution in [2.24, 2.45) is 0 Å². The second kappa shape index (κ2) is 5.87. The Morgan fingerprint density at radius 2 is 2.26 bits per heavy atom. The van der Waals surface area contributed by atoms with E-state index in [-0.39, 0.29) is 10.9 Å². The van der Waals surface area contributed by atoms with Crippen LogP contribution in [0.4, 0.5) is 10.7 Å². The summed E-state index contributed by atoms with van der Waals surface area (Å²) in [6.45, 7) is 0. The molecule has 0 radical (unpaired) electrons. The summed E-state index contributed by atoms with van der Waals surface area (Å²) >= 11 is 1.01. The molecule has 2 rings (SSSR count). The molecule has 2 heterocycles. The lowest BCUT2D eigenvalue weighted by atomic mass is 10.3. The summed E-state index contributed by atoms with van der Waals surface area (Å²) in [4.78, 5) is 26.1. The number of hydrogen-bond acceptors (Lipinski definition) is 5. The van der Waals surface area contributed by atoms with Crippen molar-refractivity contribution in [3.8, 4) is 0 Å². The molecule has 0 unspecified atom stereocenters. The van der Waals surface area contributed by atoms with E-state index in [4.69, 9.17) is 0 Å². The number of hydrogen-bond donors (Lipinski definition) is 1. The van der Waals surface area contributed by atoms with Gasteiger partial charge in [-0.05, 0) is 24.3 Å². The van der Waals surface area contributed by atoms with Crippen LogP contribution >= 0.6 is 11.3 Å². The third kappa shape index (κ3) is 3.71. The number of thiophene rings is 1. The van der Waals surface area contributed by atoms with Crippen LogP contribution in [0.25, 0.3) is 6.08 Å². The molecule has 0 bridgehead atoms. The van der Waals surface area contributed by atoms with E-state index in [0.717, 1.165) is 11.3 Å². The van der Waals surface area contributed by atoms with Crippen LogP contribution in [-0.4, -0.2) is 15.8 Å². The Bertz CT molecular complexity index is 622. The fraction of sp³-hybridized carbons (Fsp3) is 0. The number of aromatic nitrogens is 1. The number of rotatable bonds is 4. The molecule has 0 aromatic carbocycles. The van der Waals surface area contributed by atoms with Crippen molar-refractivity contribution in [1.29, 1.82) is 0 Å². The Morgan fingerprint density at radius 1 is 1.42 bits per heavy atom. The molecule has 96 valence electrons. The summed E-state index contributed by atoms with van der Waals surface area (Å²) in [6.07, 6.45) is 5.99. The molecule has 0 aliphatic carbocycles. The summed E-state index contributed by atoms with van der Waals surface area (Å²) in [7, 11) is 0. The van der Waals surface area contributed by atoms with Crippen LogP contribution in [0.1, 0.15) is 4.88 Å². The monoisotopic (exact) mass is 275 g/mol. The van der Waals surface area contributed by atoms with Gasteiger partial charge in [-0.1, -0.05) is 11.3 Å². The number of nitrogens with one attached hydrogen (secondary N) is 1. The van der Waals surface area contributed by atoms with Gasteiger partial charge in [0.05, 0.1) is 16.8 Å². The van der Waals surface area contributed by atoms with Crippen molar-refractivity contribution in [3.05, 3.63) is 57.7 Å². The first-order valence-corrected chi connectivity index (χ1v) is 6.10. The second-order valence-electron chi connectivity index (χ2n) is 3.50. The Kier molecular flexibility index (Phi) is 3.99. The van der Waals surface area contributed by atoms with E-state index < -0.39 is 4.92 Å². The molecule has 0 spiro atoms. The van der Waals surface area contributed by atoms with Crippen LogP contribution in [0.2, 0.25) is 0 Å². The lowest BCUT2D eigenvalue weighted by Crippen LogP contribution is -2.07. The maximum Gasteiger partial charge on any atom is 0.324 e. The van der Waals surface area contributed by atoms with Gasteiger partial charge >= 0.3 is 5.00 Å². The van der Waals surface area contributed by atoms with Crippen molar-refractivity contribution >= 4 is 34.0 Å². The number of pyridine rings is 1. The van der Waals surface area contributed by atoms with Gasteiger partial charge in [0.1, 0.15) is 0 Å². The van der Waals surface area contributed by atoms with Crippen molar-refractivity contribution in [1.82, 2.24) is 4.98 Å². The van der Waals surface area contributed by atoms with Gasteiger partial charge in [-0.3, -0.25) is 19.9 Å². The third-order valence-corrected chi connectivity index (χ3v) is 3.12. The lowest BCUT2D eigenvalue weighted by molar-refractivity contribution is -0.380. The molecule has 0 fully saturated rings. The molecule has 1 N–H and O–H groups in total.